The lowest BCUT2D eigenvalue weighted by molar-refractivity contribution is -0.137. The second kappa shape index (κ2) is 5.90. The van der Waals surface area contributed by atoms with Gasteiger partial charge in [0, 0.05) is 29.6 Å². The van der Waals surface area contributed by atoms with Crippen molar-refractivity contribution in [3.63, 3.8) is 0 Å². The predicted octanol–water partition coefficient (Wildman–Crippen LogP) is 3.28. The monoisotopic (exact) mass is 375 g/mol. The fraction of sp³-hybridized carbons (Fsp3) is 0.417. The van der Waals surface area contributed by atoms with Crippen molar-refractivity contribution in [2.24, 2.45) is 5.92 Å². The van der Waals surface area contributed by atoms with Crippen molar-refractivity contribution < 1.29 is 26.4 Å². The van der Waals surface area contributed by atoms with Crippen molar-refractivity contribution >= 4 is 42.9 Å². The molecule has 1 heterocycles. The van der Waals surface area contributed by atoms with Crippen molar-refractivity contribution in [3.05, 3.63) is 28.8 Å². The fourth-order valence-corrected chi connectivity index (χ4v) is 4.01. The van der Waals surface area contributed by atoms with Crippen LogP contribution in [0.15, 0.2) is 18.2 Å². The van der Waals surface area contributed by atoms with Crippen molar-refractivity contribution in [3.8, 4) is 0 Å². The molecule has 122 valence electrons. The van der Waals surface area contributed by atoms with E-state index in [2.05, 4.69) is 0 Å². The van der Waals surface area contributed by atoms with Gasteiger partial charge in [-0.1, -0.05) is 17.7 Å². The maximum absolute atomic E-state index is 12.8. The standard InChI is InChI=1S/C12H10Cl2F3NO3S/c13-11-8(12(15,16)17)2-1-3-9(11)18-5-7(4-10(18)19)6-22(14,20)21/h1-3,7H,4-6H2. The van der Waals surface area contributed by atoms with Gasteiger partial charge in [0.25, 0.3) is 0 Å². The molecule has 0 aliphatic carbocycles. The number of nitrogens with zero attached hydrogens (tertiary/aromatic N) is 1. The Kier molecular flexibility index (Phi) is 4.66. The summed E-state index contributed by atoms with van der Waals surface area (Å²) < 4.78 is 60.6. The van der Waals surface area contributed by atoms with Gasteiger partial charge in [0.1, 0.15) is 0 Å². The van der Waals surface area contributed by atoms with E-state index in [0.717, 1.165) is 17.0 Å². The Labute approximate surface area is 134 Å². The molecule has 0 bridgehead atoms. The van der Waals surface area contributed by atoms with Crippen LogP contribution in [0.2, 0.25) is 5.02 Å². The van der Waals surface area contributed by atoms with Gasteiger partial charge in [-0.15, -0.1) is 0 Å². The van der Waals surface area contributed by atoms with Crippen LogP contribution in [0.5, 0.6) is 0 Å². The molecule has 1 aromatic rings. The summed E-state index contributed by atoms with van der Waals surface area (Å²) in [5.41, 5.74) is -1.14. The van der Waals surface area contributed by atoms with Gasteiger partial charge in [0.15, 0.2) is 0 Å². The lowest BCUT2D eigenvalue weighted by Crippen LogP contribution is -2.26. The van der Waals surface area contributed by atoms with E-state index in [9.17, 15) is 26.4 Å². The summed E-state index contributed by atoms with van der Waals surface area (Å²) in [4.78, 5) is 13.0. The van der Waals surface area contributed by atoms with E-state index in [-0.39, 0.29) is 18.7 Å². The Morgan fingerprint density at radius 3 is 2.50 bits per heavy atom. The van der Waals surface area contributed by atoms with Crippen LogP contribution in [-0.4, -0.2) is 26.6 Å². The molecular formula is C12H10Cl2F3NO3S. The quantitative estimate of drug-likeness (QED) is 0.761. The lowest BCUT2D eigenvalue weighted by Gasteiger charge is -2.20. The number of amides is 1. The van der Waals surface area contributed by atoms with Crippen LogP contribution in [0.25, 0.3) is 0 Å². The van der Waals surface area contributed by atoms with Crippen molar-refractivity contribution in [1.29, 1.82) is 0 Å². The second-order valence-corrected chi connectivity index (χ2v) is 8.12. The van der Waals surface area contributed by atoms with Crippen LogP contribution in [0.4, 0.5) is 18.9 Å². The predicted molar refractivity (Wildman–Crippen MR) is 76.6 cm³/mol. The summed E-state index contributed by atoms with van der Waals surface area (Å²) in [6, 6.07) is 3.24. The summed E-state index contributed by atoms with van der Waals surface area (Å²) in [6.45, 7) is -0.0498. The highest BCUT2D eigenvalue weighted by atomic mass is 35.7. The van der Waals surface area contributed by atoms with Crippen LogP contribution in [-0.2, 0) is 20.0 Å². The third kappa shape index (κ3) is 3.85. The molecule has 0 aromatic heterocycles. The van der Waals surface area contributed by atoms with Crippen LogP contribution < -0.4 is 4.90 Å². The van der Waals surface area contributed by atoms with Crippen LogP contribution >= 0.6 is 22.3 Å². The van der Waals surface area contributed by atoms with Crippen LogP contribution in [0.1, 0.15) is 12.0 Å². The molecule has 1 aromatic carbocycles. The maximum Gasteiger partial charge on any atom is 0.417 e. The molecule has 4 nitrogen and oxygen atoms in total. The minimum Gasteiger partial charge on any atom is -0.311 e. The highest BCUT2D eigenvalue weighted by Crippen LogP contribution is 2.41. The number of hydrogen-bond donors (Lipinski definition) is 0. The van der Waals surface area contributed by atoms with Gasteiger partial charge in [0.05, 0.1) is 22.0 Å². The molecule has 1 atom stereocenters. The fourth-order valence-electron chi connectivity index (χ4n) is 2.35. The molecule has 0 radical (unpaired) electrons. The zero-order chi connectivity index (χ0) is 16.7. The molecular weight excluding hydrogens is 366 g/mol. The summed E-state index contributed by atoms with van der Waals surface area (Å²) in [5.74, 6) is -1.50. The number of carbonyl (C=O) groups excluding carboxylic acids is 1. The summed E-state index contributed by atoms with van der Waals surface area (Å²) in [6.07, 6.45) is -4.76. The van der Waals surface area contributed by atoms with Crippen molar-refractivity contribution in [2.75, 3.05) is 17.2 Å². The smallest absolute Gasteiger partial charge is 0.311 e. The number of alkyl halides is 3. The normalized spacial score (nSPS) is 19.8. The van der Waals surface area contributed by atoms with Crippen LogP contribution in [0, 0.1) is 5.92 Å². The molecule has 1 aliphatic heterocycles. The third-order valence-electron chi connectivity index (χ3n) is 3.21. The largest absolute Gasteiger partial charge is 0.417 e. The van der Waals surface area contributed by atoms with E-state index in [1.807, 2.05) is 0 Å². The van der Waals surface area contributed by atoms with E-state index >= 15 is 0 Å². The lowest BCUT2D eigenvalue weighted by atomic mass is 10.1. The van der Waals surface area contributed by atoms with Crippen LogP contribution in [0.3, 0.4) is 0 Å². The van der Waals surface area contributed by atoms with Gasteiger partial charge in [-0.2, -0.15) is 13.2 Å². The van der Waals surface area contributed by atoms with Gasteiger partial charge in [-0.25, -0.2) is 8.42 Å². The first-order valence-electron chi connectivity index (χ1n) is 6.07. The number of halogens is 5. The minimum atomic E-state index is -4.64. The minimum absolute atomic E-state index is 0.0498. The Bertz CT molecular complexity index is 706. The highest BCUT2D eigenvalue weighted by Gasteiger charge is 2.38. The van der Waals surface area contributed by atoms with Gasteiger partial charge in [0.2, 0.25) is 15.0 Å². The third-order valence-corrected chi connectivity index (χ3v) is 4.86. The highest BCUT2D eigenvalue weighted by molar-refractivity contribution is 8.13. The Morgan fingerprint density at radius 2 is 1.95 bits per heavy atom. The van der Waals surface area contributed by atoms with Crippen molar-refractivity contribution in [1.82, 2.24) is 0 Å². The average Bonchev–Trinajstić information content (AvgIpc) is 2.66. The molecule has 2 rings (SSSR count). The molecule has 22 heavy (non-hydrogen) atoms. The number of carbonyl (C=O) groups is 1. The van der Waals surface area contributed by atoms with E-state index in [4.69, 9.17) is 22.3 Å². The molecule has 1 amide bonds. The van der Waals surface area contributed by atoms with E-state index in [0.29, 0.717) is 0 Å². The number of rotatable bonds is 3. The molecule has 0 spiro atoms. The van der Waals surface area contributed by atoms with Gasteiger partial charge < -0.3 is 4.90 Å². The molecule has 10 heteroatoms. The van der Waals surface area contributed by atoms with E-state index in [1.165, 1.54) is 6.07 Å². The average molecular weight is 376 g/mol. The number of benzene rings is 1. The first kappa shape index (κ1) is 17.4. The van der Waals surface area contributed by atoms with E-state index in [1.54, 1.807) is 0 Å². The molecule has 1 fully saturated rings. The second-order valence-electron chi connectivity index (χ2n) is 4.92. The van der Waals surface area contributed by atoms with Gasteiger partial charge in [-0.05, 0) is 12.1 Å². The molecule has 1 unspecified atom stereocenters. The van der Waals surface area contributed by atoms with Gasteiger partial charge in [-0.3, -0.25) is 4.79 Å². The summed E-state index contributed by atoms with van der Waals surface area (Å²) in [5, 5.41) is -0.585. The maximum atomic E-state index is 12.8. The summed E-state index contributed by atoms with van der Waals surface area (Å²) in [7, 11) is 1.34. The SMILES string of the molecule is O=C1CC(CS(=O)(=O)Cl)CN1c1cccc(C(F)(F)F)c1Cl. The topological polar surface area (TPSA) is 54.5 Å². The van der Waals surface area contributed by atoms with Crippen molar-refractivity contribution in [2.45, 2.75) is 12.6 Å². The molecule has 1 aliphatic rings. The zero-order valence-corrected chi connectivity index (χ0v) is 13.2. The molecule has 0 N–H and O–H groups in total. The molecule has 0 saturated carbocycles. The number of hydrogen-bond acceptors (Lipinski definition) is 3. The first-order chi connectivity index (χ1) is 9.99. The summed E-state index contributed by atoms with van der Waals surface area (Å²) >= 11 is 5.76. The Hall–Kier alpha value is -0.990. The molecule has 1 saturated heterocycles. The zero-order valence-electron chi connectivity index (χ0n) is 10.9. The van der Waals surface area contributed by atoms with Gasteiger partial charge >= 0.3 is 6.18 Å². The Balaban J connectivity index is 2.32. The van der Waals surface area contributed by atoms with E-state index < -0.39 is 43.4 Å². The number of anilines is 1. The Morgan fingerprint density at radius 1 is 1.32 bits per heavy atom. The first-order valence-corrected chi connectivity index (χ1v) is 8.93.